The van der Waals surface area contributed by atoms with Gasteiger partial charge in [-0.25, -0.2) is 0 Å². The van der Waals surface area contributed by atoms with Crippen LogP contribution in [0, 0.1) is 0 Å². The predicted molar refractivity (Wildman–Crippen MR) is 64.7 cm³/mol. The summed E-state index contributed by atoms with van der Waals surface area (Å²) < 4.78 is 5.55. The van der Waals surface area contributed by atoms with Gasteiger partial charge in [-0.1, -0.05) is 23.7 Å². The molecule has 1 unspecified atom stereocenters. The van der Waals surface area contributed by atoms with Crippen LogP contribution in [0.4, 0.5) is 0 Å². The summed E-state index contributed by atoms with van der Waals surface area (Å²) in [6, 6.07) is 7.38. The number of rotatable bonds is 3. The summed E-state index contributed by atoms with van der Waals surface area (Å²) in [6.07, 6.45) is -0.626. The summed E-state index contributed by atoms with van der Waals surface area (Å²) in [6.45, 7) is 0.525. The molecule has 86 valence electrons. The number of aliphatic hydroxyl groups excluding tert-OH is 1. The highest BCUT2D eigenvalue weighted by atomic mass is 35.5. The monoisotopic (exact) mass is 239 g/mol. The molecule has 0 saturated heterocycles. The summed E-state index contributed by atoms with van der Waals surface area (Å²) in [7, 11) is 3.80. The minimum Gasteiger partial charge on any atom is -0.457 e. The van der Waals surface area contributed by atoms with Crippen molar-refractivity contribution >= 4 is 22.6 Å². The predicted octanol–water partition coefficient (Wildman–Crippen LogP) is 2.68. The second-order valence-corrected chi connectivity index (χ2v) is 4.49. The van der Waals surface area contributed by atoms with Crippen molar-refractivity contribution in [2.24, 2.45) is 0 Å². The lowest BCUT2D eigenvalue weighted by atomic mass is 10.2. The van der Waals surface area contributed by atoms with Crippen molar-refractivity contribution in [3.8, 4) is 0 Å². The molecule has 0 fully saturated rings. The Morgan fingerprint density at radius 3 is 2.81 bits per heavy atom. The summed E-state index contributed by atoms with van der Waals surface area (Å²) in [4.78, 5) is 1.90. The van der Waals surface area contributed by atoms with Gasteiger partial charge in [0.1, 0.15) is 11.9 Å². The third kappa shape index (κ3) is 2.21. The van der Waals surface area contributed by atoms with Gasteiger partial charge in [-0.15, -0.1) is 0 Å². The molecule has 2 aromatic rings. The van der Waals surface area contributed by atoms with Crippen LogP contribution < -0.4 is 0 Å². The molecular formula is C12H14ClNO2. The third-order valence-electron chi connectivity index (χ3n) is 2.38. The van der Waals surface area contributed by atoms with Crippen LogP contribution in [0.2, 0.25) is 5.02 Å². The molecule has 0 aliphatic heterocycles. The molecule has 16 heavy (non-hydrogen) atoms. The van der Waals surface area contributed by atoms with Gasteiger partial charge in [-0.3, -0.25) is 0 Å². The highest BCUT2D eigenvalue weighted by Crippen LogP contribution is 2.29. The van der Waals surface area contributed by atoms with Gasteiger partial charge in [0.25, 0.3) is 0 Å². The first-order valence-electron chi connectivity index (χ1n) is 5.08. The standard InChI is InChI=1S/C12H14ClNO2/c1-14(2)7-10(15)11-6-8-4-3-5-9(13)12(8)16-11/h3-6,10,15H,7H2,1-2H3. The number of hydrogen-bond donors (Lipinski definition) is 1. The molecular weight excluding hydrogens is 226 g/mol. The zero-order valence-electron chi connectivity index (χ0n) is 9.27. The Morgan fingerprint density at radius 2 is 2.19 bits per heavy atom. The van der Waals surface area contributed by atoms with Crippen molar-refractivity contribution in [1.82, 2.24) is 4.90 Å². The van der Waals surface area contributed by atoms with Crippen molar-refractivity contribution in [1.29, 1.82) is 0 Å². The van der Waals surface area contributed by atoms with Gasteiger partial charge in [0, 0.05) is 11.9 Å². The van der Waals surface area contributed by atoms with E-state index in [1.165, 1.54) is 0 Å². The van der Waals surface area contributed by atoms with Gasteiger partial charge < -0.3 is 14.4 Å². The quantitative estimate of drug-likeness (QED) is 0.895. The van der Waals surface area contributed by atoms with E-state index in [-0.39, 0.29) is 0 Å². The number of halogens is 1. The molecule has 4 heteroatoms. The fourth-order valence-corrected chi connectivity index (χ4v) is 1.87. The molecule has 1 N–H and O–H groups in total. The highest BCUT2D eigenvalue weighted by Gasteiger charge is 2.15. The van der Waals surface area contributed by atoms with Crippen LogP contribution in [0.1, 0.15) is 11.9 Å². The Labute approximate surface area is 99.2 Å². The number of fused-ring (bicyclic) bond motifs is 1. The highest BCUT2D eigenvalue weighted by molar-refractivity contribution is 6.34. The molecule has 1 atom stereocenters. The minimum atomic E-state index is -0.626. The van der Waals surface area contributed by atoms with E-state index in [0.29, 0.717) is 22.9 Å². The first-order chi connectivity index (χ1) is 7.58. The van der Waals surface area contributed by atoms with E-state index in [9.17, 15) is 5.11 Å². The van der Waals surface area contributed by atoms with Crippen molar-refractivity contribution < 1.29 is 9.52 Å². The van der Waals surface area contributed by atoms with Crippen LogP contribution in [0.5, 0.6) is 0 Å². The van der Waals surface area contributed by atoms with Gasteiger partial charge in [-0.2, -0.15) is 0 Å². The Kier molecular flexibility index (Phi) is 3.19. The zero-order valence-corrected chi connectivity index (χ0v) is 10.0. The number of nitrogens with zero attached hydrogens (tertiary/aromatic N) is 1. The van der Waals surface area contributed by atoms with E-state index in [0.717, 1.165) is 5.39 Å². The zero-order chi connectivity index (χ0) is 11.7. The van der Waals surface area contributed by atoms with Crippen LogP contribution in [-0.2, 0) is 0 Å². The second-order valence-electron chi connectivity index (χ2n) is 4.08. The molecule has 1 aromatic heterocycles. The summed E-state index contributed by atoms with van der Waals surface area (Å²) in [5.74, 6) is 0.553. The number of para-hydroxylation sites is 1. The molecule has 2 rings (SSSR count). The van der Waals surface area contributed by atoms with Crippen LogP contribution >= 0.6 is 11.6 Å². The molecule has 0 saturated carbocycles. The van der Waals surface area contributed by atoms with Crippen LogP contribution in [0.3, 0.4) is 0 Å². The van der Waals surface area contributed by atoms with Gasteiger partial charge in [-0.05, 0) is 26.2 Å². The number of hydrogen-bond acceptors (Lipinski definition) is 3. The number of likely N-dealkylation sites (N-methyl/N-ethyl adjacent to an activating group) is 1. The molecule has 0 aliphatic rings. The van der Waals surface area contributed by atoms with Gasteiger partial charge in [0.15, 0.2) is 5.58 Å². The average Bonchev–Trinajstić information content (AvgIpc) is 2.61. The van der Waals surface area contributed by atoms with Crippen LogP contribution in [0.15, 0.2) is 28.7 Å². The lowest BCUT2D eigenvalue weighted by Gasteiger charge is -2.13. The SMILES string of the molecule is CN(C)CC(O)c1cc2cccc(Cl)c2o1. The van der Waals surface area contributed by atoms with Crippen molar-refractivity contribution in [2.45, 2.75) is 6.10 Å². The minimum absolute atomic E-state index is 0.525. The van der Waals surface area contributed by atoms with Crippen LogP contribution in [0.25, 0.3) is 11.0 Å². The normalized spacial score (nSPS) is 13.6. The van der Waals surface area contributed by atoms with Crippen molar-refractivity contribution in [3.63, 3.8) is 0 Å². The molecule has 3 nitrogen and oxygen atoms in total. The fraction of sp³-hybridized carbons (Fsp3) is 0.333. The van der Waals surface area contributed by atoms with Crippen LogP contribution in [-0.4, -0.2) is 30.6 Å². The summed E-state index contributed by atoms with van der Waals surface area (Å²) in [5, 5.41) is 11.4. The molecule has 0 amide bonds. The average molecular weight is 240 g/mol. The molecule has 0 aliphatic carbocycles. The van der Waals surface area contributed by atoms with E-state index >= 15 is 0 Å². The smallest absolute Gasteiger partial charge is 0.152 e. The number of furan rings is 1. The largest absolute Gasteiger partial charge is 0.457 e. The van der Waals surface area contributed by atoms with Gasteiger partial charge in [0.05, 0.1) is 5.02 Å². The molecule has 0 bridgehead atoms. The van der Waals surface area contributed by atoms with Crippen molar-refractivity contribution in [2.75, 3.05) is 20.6 Å². The number of aliphatic hydroxyl groups is 1. The van der Waals surface area contributed by atoms with Gasteiger partial charge in [0.2, 0.25) is 0 Å². The Morgan fingerprint density at radius 1 is 1.44 bits per heavy atom. The summed E-state index contributed by atoms with van der Waals surface area (Å²) >= 11 is 5.99. The Balaban J connectivity index is 2.36. The Bertz CT molecular complexity index is 493. The maximum absolute atomic E-state index is 9.90. The summed E-state index contributed by atoms with van der Waals surface area (Å²) in [5.41, 5.74) is 0.636. The van der Waals surface area contributed by atoms with E-state index in [2.05, 4.69) is 0 Å². The molecule has 0 radical (unpaired) electrons. The van der Waals surface area contributed by atoms with E-state index in [1.54, 1.807) is 6.07 Å². The van der Waals surface area contributed by atoms with Gasteiger partial charge >= 0.3 is 0 Å². The molecule has 1 heterocycles. The van der Waals surface area contributed by atoms with Crippen molar-refractivity contribution in [3.05, 3.63) is 35.0 Å². The number of benzene rings is 1. The second kappa shape index (κ2) is 4.45. The first-order valence-corrected chi connectivity index (χ1v) is 5.46. The maximum Gasteiger partial charge on any atom is 0.152 e. The lowest BCUT2D eigenvalue weighted by Crippen LogP contribution is -2.19. The van der Waals surface area contributed by atoms with E-state index in [1.807, 2.05) is 37.2 Å². The van der Waals surface area contributed by atoms with E-state index in [4.69, 9.17) is 16.0 Å². The first kappa shape index (κ1) is 11.5. The fourth-order valence-electron chi connectivity index (χ4n) is 1.65. The molecule has 0 spiro atoms. The third-order valence-corrected chi connectivity index (χ3v) is 2.68. The lowest BCUT2D eigenvalue weighted by molar-refractivity contribution is 0.117. The Hall–Kier alpha value is -1.03. The van der Waals surface area contributed by atoms with E-state index < -0.39 is 6.10 Å². The maximum atomic E-state index is 9.90. The molecule has 1 aromatic carbocycles. The topological polar surface area (TPSA) is 36.6 Å².